The lowest BCUT2D eigenvalue weighted by Gasteiger charge is -2.38. The number of likely N-dealkylation sites (tertiary alicyclic amines) is 1. The minimum atomic E-state index is 0.273. The Labute approximate surface area is 133 Å². The topological polar surface area (TPSA) is 41.7 Å². The second-order valence-electron chi connectivity index (χ2n) is 7.55. The normalized spacial score (nSPS) is 25.0. The zero-order chi connectivity index (χ0) is 15.6. The van der Waals surface area contributed by atoms with E-state index >= 15 is 0 Å². The van der Waals surface area contributed by atoms with Gasteiger partial charge in [-0.2, -0.15) is 0 Å². The number of ether oxygens (including phenoxy) is 1. The molecule has 0 bridgehead atoms. The minimum Gasteiger partial charge on any atom is -0.379 e. The summed E-state index contributed by atoms with van der Waals surface area (Å²) in [7, 11) is 0. The van der Waals surface area contributed by atoms with Crippen molar-refractivity contribution in [2.45, 2.75) is 39.7 Å². The number of aromatic nitrogens is 1. The van der Waals surface area contributed by atoms with Crippen LogP contribution in [-0.2, 0) is 4.74 Å². The van der Waals surface area contributed by atoms with Gasteiger partial charge in [-0.15, -0.1) is 0 Å². The molecule has 0 aliphatic carbocycles. The molecular formula is C17H29N3O2. The molecule has 1 atom stereocenters. The van der Waals surface area contributed by atoms with Crippen LogP contribution >= 0.6 is 0 Å². The van der Waals surface area contributed by atoms with E-state index in [4.69, 9.17) is 9.26 Å². The predicted molar refractivity (Wildman–Crippen MR) is 85.8 cm³/mol. The van der Waals surface area contributed by atoms with E-state index in [-0.39, 0.29) is 5.41 Å². The lowest BCUT2D eigenvalue weighted by molar-refractivity contribution is 0.0134. The Hall–Kier alpha value is -0.910. The fourth-order valence-corrected chi connectivity index (χ4v) is 3.84. The average molecular weight is 307 g/mol. The number of morpholine rings is 1. The second-order valence-corrected chi connectivity index (χ2v) is 7.55. The van der Waals surface area contributed by atoms with Crippen molar-refractivity contribution in [3.63, 3.8) is 0 Å². The number of rotatable bonds is 5. The standard InChI is InChI=1S/C17H29N3O2/c1-14-11-16(22-18-14)15-5-4-6-20(15)13-17(2,3)12-19-7-9-21-10-8-19/h11,15H,4-10,12-13H2,1-3H3. The Morgan fingerprint density at radius 3 is 2.68 bits per heavy atom. The molecule has 0 radical (unpaired) electrons. The summed E-state index contributed by atoms with van der Waals surface area (Å²) in [5.74, 6) is 1.04. The zero-order valence-electron chi connectivity index (χ0n) is 14.2. The van der Waals surface area contributed by atoms with E-state index in [2.05, 4.69) is 34.9 Å². The van der Waals surface area contributed by atoms with Gasteiger partial charge in [0.05, 0.1) is 24.9 Å². The molecule has 5 heteroatoms. The van der Waals surface area contributed by atoms with Gasteiger partial charge >= 0.3 is 0 Å². The molecule has 3 heterocycles. The van der Waals surface area contributed by atoms with E-state index in [9.17, 15) is 0 Å². The third-order valence-electron chi connectivity index (χ3n) is 4.72. The highest BCUT2D eigenvalue weighted by Gasteiger charge is 2.34. The molecule has 1 aromatic rings. The fourth-order valence-electron chi connectivity index (χ4n) is 3.84. The smallest absolute Gasteiger partial charge is 0.154 e. The van der Waals surface area contributed by atoms with Gasteiger partial charge in [-0.25, -0.2) is 0 Å². The van der Waals surface area contributed by atoms with Gasteiger partial charge in [-0.1, -0.05) is 19.0 Å². The lowest BCUT2D eigenvalue weighted by atomic mass is 9.91. The van der Waals surface area contributed by atoms with Crippen LogP contribution in [0.1, 0.15) is 44.2 Å². The summed E-state index contributed by atoms with van der Waals surface area (Å²) < 4.78 is 11.0. The highest BCUT2D eigenvalue weighted by molar-refractivity contribution is 5.09. The number of hydrogen-bond donors (Lipinski definition) is 0. The molecular weight excluding hydrogens is 278 g/mol. The largest absolute Gasteiger partial charge is 0.379 e. The van der Waals surface area contributed by atoms with Gasteiger partial charge in [0.1, 0.15) is 0 Å². The molecule has 0 saturated carbocycles. The number of aryl methyl sites for hydroxylation is 1. The molecule has 3 rings (SSSR count). The van der Waals surface area contributed by atoms with Crippen molar-refractivity contribution in [3.05, 3.63) is 17.5 Å². The van der Waals surface area contributed by atoms with E-state index in [1.54, 1.807) is 0 Å². The molecule has 124 valence electrons. The Balaban J connectivity index is 1.60. The summed E-state index contributed by atoms with van der Waals surface area (Å²) in [6, 6.07) is 2.50. The Morgan fingerprint density at radius 2 is 2.00 bits per heavy atom. The van der Waals surface area contributed by atoms with Gasteiger partial charge in [-0.05, 0) is 31.7 Å². The maximum Gasteiger partial charge on any atom is 0.154 e. The molecule has 0 aromatic carbocycles. The maximum absolute atomic E-state index is 5.52. The van der Waals surface area contributed by atoms with Gasteiger partial charge in [0.15, 0.2) is 5.76 Å². The molecule has 0 amide bonds. The third kappa shape index (κ3) is 3.89. The Bertz CT molecular complexity index is 480. The summed E-state index contributed by atoms with van der Waals surface area (Å²) in [5.41, 5.74) is 1.25. The number of nitrogens with zero attached hydrogens (tertiary/aromatic N) is 3. The second kappa shape index (κ2) is 6.69. The van der Waals surface area contributed by atoms with Crippen LogP contribution in [0.15, 0.2) is 10.6 Å². The summed E-state index contributed by atoms with van der Waals surface area (Å²) in [5, 5.41) is 4.06. The average Bonchev–Trinajstić information content (AvgIpc) is 3.07. The molecule has 5 nitrogen and oxygen atoms in total. The zero-order valence-corrected chi connectivity index (χ0v) is 14.2. The Kier molecular flexibility index (Phi) is 4.85. The van der Waals surface area contributed by atoms with Crippen LogP contribution in [0, 0.1) is 12.3 Å². The van der Waals surface area contributed by atoms with Gasteiger partial charge < -0.3 is 9.26 Å². The lowest BCUT2D eigenvalue weighted by Crippen LogP contribution is -2.46. The molecule has 1 aromatic heterocycles. The van der Waals surface area contributed by atoms with Gasteiger partial charge in [0, 0.05) is 32.2 Å². The van der Waals surface area contributed by atoms with Crippen molar-refractivity contribution in [1.29, 1.82) is 0 Å². The molecule has 2 aliphatic heterocycles. The fraction of sp³-hybridized carbons (Fsp3) is 0.824. The van der Waals surface area contributed by atoms with Gasteiger partial charge in [0.2, 0.25) is 0 Å². The molecule has 22 heavy (non-hydrogen) atoms. The van der Waals surface area contributed by atoms with Crippen molar-refractivity contribution in [2.75, 3.05) is 45.9 Å². The molecule has 2 aliphatic rings. The van der Waals surface area contributed by atoms with E-state index in [1.807, 2.05) is 6.92 Å². The van der Waals surface area contributed by atoms with E-state index in [0.29, 0.717) is 6.04 Å². The van der Waals surface area contributed by atoms with E-state index in [0.717, 1.165) is 57.4 Å². The first-order valence-electron chi connectivity index (χ1n) is 8.51. The van der Waals surface area contributed by atoms with E-state index < -0.39 is 0 Å². The first-order chi connectivity index (χ1) is 10.5. The first-order valence-corrected chi connectivity index (χ1v) is 8.51. The summed E-state index contributed by atoms with van der Waals surface area (Å²) in [4.78, 5) is 5.12. The molecule has 2 fully saturated rings. The predicted octanol–water partition coefficient (Wildman–Crippen LogP) is 2.48. The van der Waals surface area contributed by atoms with Crippen LogP contribution in [0.5, 0.6) is 0 Å². The highest BCUT2D eigenvalue weighted by atomic mass is 16.5. The monoisotopic (exact) mass is 307 g/mol. The molecule has 2 saturated heterocycles. The van der Waals surface area contributed by atoms with Gasteiger partial charge in [-0.3, -0.25) is 9.80 Å². The van der Waals surface area contributed by atoms with Crippen molar-refractivity contribution in [3.8, 4) is 0 Å². The van der Waals surface area contributed by atoms with Crippen molar-refractivity contribution in [1.82, 2.24) is 15.0 Å². The summed E-state index contributed by atoms with van der Waals surface area (Å²) >= 11 is 0. The quantitative estimate of drug-likeness (QED) is 0.836. The van der Waals surface area contributed by atoms with Crippen LogP contribution in [0.3, 0.4) is 0 Å². The SMILES string of the molecule is Cc1cc(C2CCCN2CC(C)(C)CN2CCOCC2)on1. The Morgan fingerprint density at radius 1 is 1.23 bits per heavy atom. The van der Waals surface area contributed by atoms with E-state index in [1.165, 1.54) is 12.8 Å². The maximum atomic E-state index is 5.52. The van der Waals surface area contributed by atoms with Gasteiger partial charge in [0.25, 0.3) is 0 Å². The van der Waals surface area contributed by atoms with Crippen LogP contribution in [0.2, 0.25) is 0 Å². The van der Waals surface area contributed by atoms with Crippen LogP contribution in [-0.4, -0.2) is 60.9 Å². The van der Waals surface area contributed by atoms with Crippen molar-refractivity contribution < 1.29 is 9.26 Å². The van der Waals surface area contributed by atoms with Crippen LogP contribution in [0.4, 0.5) is 0 Å². The van der Waals surface area contributed by atoms with Crippen LogP contribution in [0.25, 0.3) is 0 Å². The summed E-state index contributed by atoms with van der Waals surface area (Å²) in [6.45, 7) is 14.0. The summed E-state index contributed by atoms with van der Waals surface area (Å²) in [6.07, 6.45) is 2.43. The number of hydrogen-bond acceptors (Lipinski definition) is 5. The minimum absolute atomic E-state index is 0.273. The van der Waals surface area contributed by atoms with Crippen molar-refractivity contribution in [2.24, 2.45) is 5.41 Å². The molecule has 0 N–H and O–H groups in total. The van der Waals surface area contributed by atoms with Crippen LogP contribution < -0.4 is 0 Å². The first kappa shape index (κ1) is 16.0. The van der Waals surface area contributed by atoms with Crippen molar-refractivity contribution >= 4 is 0 Å². The molecule has 1 unspecified atom stereocenters. The molecule has 0 spiro atoms. The third-order valence-corrected chi connectivity index (χ3v) is 4.72. The highest BCUT2D eigenvalue weighted by Crippen LogP contribution is 2.35.